The Kier molecular flexibility index (Phi) is 4.12. The van der Waals surface area contributed by atoms with Crippen LogP contribution in [0.15, 0.2) is 60.7 Å². The van der Waals surface area contributed by atoms with Crippen molar-refractivity contribution in [1.82, 2.24) is 0 Å². The molecule has 0 heterocycles. The lowest BCUT2D eigenvalue weighted by atomic mass is 10.2. The zero-order valence-electron chi connectivity index (χ0n) is 12.6. The molecule has 122 valence electrons. The summed E-state index contributed by atoms with van der Waals surface area (Å²) >= 11 is 0. The fraction of sp³-hybridized carbons (Fsp3) is 0.111. The number of carbonyl (C=O) groups excluding carboxylic acids is 2. The lowest BCUT2D eigenvalue weighted by molar-refractivity contribution is -0.122. The highest BCUT2D eigenvalue weighted by atomic mass is 19.1. The van der Waals surface area contributed by atoms with Gasteiger partial charge in [0.05, 0.1) is 23.2 Å². The Morgan fingerprint density at radius 3 is 1.54 bits per heavy atom. The number of amides is 2. The number of halogens is 2. The molecule has 1 saturated carbocycles. The predicted octanol–water partition coefficient (Wildman–Crippen LogP) is 3.34. The maximum atomic E-state index is 13.6. The summed E-state index contributed by atoms with van der Waals surface area (Å²) in [6.45, 7) is 3.69. The topological polar surface area (TPSA) is 58.2 Å². The number of nitrogens with one attached hydrogen (secondary N) is 2. The minimum Gasteiger partial charge on any atom is -0.323 e. The summed E-state index contributed by atoms with van der Waals surface area (Å²) in [6, 6.07) is 11.5. The van der Waals surface area contributed by atoms with Crippen LogP contribution in [0.4, 0.5) is 20.2 Å². The minimum atomic E-state index is -0.753. The second kappa shape index (κ2) is 6.23. The lowest BCUT2D eigenvalue weighted by Gasteiger charge is -2.07. The lowest BCUT2D eigenvalue weighted by Crippen LogP contribution is -2.21. The van der Waals surface area contributed by atoms with E-state index in [0.717, 1.165) is 0 Å². The van der Waals surface area contributed by atoms with Crippen molar-refractivity contribution >= 4 is 23.2 Å². The fourth-order valence-corrected chi connectivity index (χ4v) is 2.50. The molecule has 2 amide bonds. The van der Waals surface area contributed by atoms with E-state index in [1.807, 2.05) is 0 Å². The first-order valence-electron chi connectivity index (χ1n) is 7.28. The van der Waals surface area contributed by atoms with Crippen LogP contribution in [-0.2, 0) is 9.59 Å². The highest BCUT2D eigenvalue weighted by Crippen LogP contribution is 2.45. The van der Waals surface area contributed by atoms with Gasteiger partial charge in [0.1, 0.15) is 11.6 Å². The van der Waals surface area contributed by atoms with Gasteiger partial charge in [0.2, 0.25) is 11.8 Å². The predicted molar refractivity (Wildman–Crippen MR) is 86.2 cm³/mol. The highest BCUT2D eigenvalue weighted by Gasteiger charge is 2.52. The molecule has 3 rings (SSSR count). The zero-order chi connectivity index (χ0) is 17.3. The van der Waals surface area contributed by atoms with Crippen molar-refractivity contribution in [3.05, 3.63) is 72.3 Å². The average Bonchev–Trinajstić information content (AvgIpc) is 3.23. The van der Waals surface area contributed by atoms with Gasteiger partial charge in [0.15, 0.2) is 0 Å². The second-order valence-electron chi connectivity index (χ2n) is 5.47. The molecule has 2 unspecified atom stereocenters. The van der Waals surface area contributed by atoms with Crippen LogP contribution in [0, 0.1) is 23.5 Å². The highest BCUT2D eigenvalue weighted by molar-refractivity contribution is 6.08. The van der Waals surface area contributed by atoms with E-state index in [-0.39, 0.29) is 11.4 Å². The third-order valence-corrected chi connectivity index (χ3v) is 3.85. The monoisotopic (exact) mass is 328 g/mol. The maximum Gasteiger partial charge on any atom is 0.232 e. The van der Waals surface area contributed by atoms with Crippen molar-refractivity contribution in [1.29, 1.82) is 0 Å². The van der Waals surface area contributed by atoms with E-state index < -0.39 is 35.3 Å². The normalized spacial score (nSPS) is 18.8. The summed E-state index contributed by atoms with van der Waals surface area (Å²) in [5.74, 6) is -3.67. The quantitative estimate of drug-likeness (QED) is 0.846. The summed E-state index contributed by atoms with van der Waals surface area (Å²) in [4.78, 5) is 24.4. The van der Waals surface area contributed by atoms with Crippen LogP contribution in [0.5, 0.6) is 0 Å². The van der Waals surface area contributed by atoms with E-state index >= 15 is 0 Å². The molecule has 2 aromatic rings. The summed E-state index contributed by atoms with van der Waals surface area (Å²) in [5, 5.41) is 4.87. The van der Waals surface area contributed by atoms with Crippen LogP contribution >= 0.6 is 0 Å². The molecule has 2 atom stereocenters. The van der Waals surface area contributed by atoms with Crippen molar-refractivity contribution < 1.29 is 18.4 Å². The van der Waals surface area contributed by atoms with Crippen molar-refractivity contribution in [2.45, 2.75) is 0 Å². The van der Waals surface area contributed by atoms with E-state index in [4.69, 9.17) is 0 Å². The number of carbonyl (C=O) groups is 2. The molecular weight excluding hydrogens is 314 g/mol. The third-order valence-electron chi connectivity index (χ3n) is 3.85. The SMILES string of the molecule is C=C1C(C(=O)Nc2ccccc2F)C1C(=O)Nc1ccccc1F. The molecule has 2 N–H and O–H groups in total. The molecule has 0 radical (unpaired) electrons. The molecule has 0 spiro atoms. The maximum absolute atomic E-state index is 13.6. The Morgan fingerprint density at radius 1 is 0.792 bits per heavy atom. The van der Waals surface area contributed by atoms with Gasteiger partial charge >= 0.3 is 0 Å². The molecule has 4 nitrogen and oxygen atoms in total. The Morgan fingerprint density at radius 2 is 1.17 bits per heavy atom. The molecule has 1 aliphatic carbocycles. The van der Waals surface area contributed by atoms with E-state index in [2.05, 4.69) is 17.2 Å². The van der Waals surface area contributed by atoms with Crippen LogP contribution in [0.3, 0.4) is 0 Å². The van der Waals surface area contributed by atoms with Crippen molar-refractivity contribution in [2.24, 2.45) is 11.8 Å². The molecule has 0 aliphatic heterocycles. The second-order valence-corrected chi connectivity index (χ2v) is 5.47. The van der Waals surface area contributed by atoms with Gasteiger partial charge in [-0.1, -0.05) is 36.4 Å². The third kappa shape index (κ3) is 3.03. The smallest absolute Gasteiger partial charge is 0.232 e. The van der Waals surface area contributed by atoms with Gasteiger partial charge in [-0.25, -0.2) is 8.78 Å². The Hall–Kier alpha value is -3.02. The molecule has 1 fully saturated rings. The van der Waals surface area contributed by atoms with Gasteiger partial charge in [0, 0.05) is 0 Å². The molecule has 6 heteroatoms. The van der Waals surface area contributed by atoms with Gasteiger partial charge in [0.25, 0.3) is 0 Å². The number of hydrogen-bond donors (Lipinski definition) is 2. The number of anilines is 2. The first-order chi connectivity index (χ1) is 11.5. The Bertz CT molecular complexity index is 768. The first-order valence-corrected chi connectivity index (χ1v) is 7.28. The molecule has 24 heavy (non-hydrogen) atoms. The minimum absolute atomic E-state index is 0.0375. The molecule has 0 aromatic heterocycles. The Balaban J connectivity index is 1.66. The van der Waals surface area contributed by atoms with Crippen LogP contribution in [0.25, 0.3) is 0 Å². The van der Waals surface area contributed by atoms with Crippen LogP contribution in [0.1, 0.15) is 0 Å². The number of benzene rings is 2. The molecular formula is C18H14F2N2O2. The fourth-order valence-electron chi connectivity index (χ4n) is 2.50. The largest absolute Gasteiger partial charge is 0.323 e. The van der Waals surface area contributed by atoms with Crippen molar-refractivity contribution in [2.75, 3.05) is 10.6 Å². The molecule has 0 saturated heterocycles. The average molecular weight is 328 g/mol. The first kappa shape index (κ1) is 15.9. The summed E-state index contributed by atoms with van der Waals surface area (Å²) in [5.41, 5.74) is 0.489. The van der Waals surface area contributed by atoms with Crippen molar-refractivity contribution in [3.63, 3.8) is 0 Å². The van der Waals surface area contributed by atoms with Gasteiger partial charge in [-0.15, -0.1) is 0 Å². The van der Waals surface area contributed by atoms with Crippen LogP contribution < -0.4 is 10.6 Å². The summed E-state index contributed by atoms with van der Waals surface area (Å²) in [7, 11) is 0. The number of hydrogen-bond acceptors (Lipinski definition) is 2. The molecule has 0 bridgehead atoms. The van der Waals surface area contributed by atoms with E-state index in [1.165, 1.54) is 36.4 Å². The van der Waals surface area contributed by atoms with E-state index in [0.29, 0.717) is 5.57 Å². The standard InChI is InChI=1S/C18H14F2N2O2/c1-10-15(17(23)21-13-8-4-2-6-11(13)19)16(10)18(24)22-14-9-5-3-7-12(14)20/h2-9,15-16H,1H2,(H,21,23)(H,22,24). The Labute approximate surface area is 137 Å². The van der Waals surface area contributed by atoms with E-state index in [9.17, 15) is 18.4 Å². The zero-order valence-corrected chi connectivity index (χ0v) is 12.6. The van der Waals surface area contributed by atoms with Gasteiger partial charge in [-0.3, -0.25) is 9.59 Å². The van der Waals surface area contributed by atoms with Crippen LogP contribution in [-0.4, -0.2) is 11.8 Å². The molecule has 2 aromatic carbocycles. The summed E-state index contributed by atoms with van der Waals surface area (Å²) in [6.07, 6.45) is 0. The molecule has 1 aliphatic rings. The summed E-state index contributed by atoms with van der Waals surface area (Å²) < 4.78 is 27.1. The van der Waals surface area contributed by atoms with Gasteiger partial charge in [-0.05, 0) is 24.3 Å². The van der Waals surface area contributed by atoms with Crippen LogP contribution in [0.2, 0.25) is 0 Å². The number of rotatable bonds is 4. The van der Waals surface area contributed by atoms with Gasteiger partial charge in [-0.2, -0.15) is 0 Å². The van der Waals surface area contributed by atoms with Crippen molar-refractivity contribution in [3.8, 4) is 0 Å². The number of para-hydroxylation sites is 2. The van der Waals surface area contributed by atoms with E-state index in [1.54, 1.807) is 12.1 Å². The van der Waals surface area contributed by atoms with Gasteiger partial charge < -0.3 is 10.6 Å².